The van der Waals surface area contributed by atoms with E-state index in [1.165, 1.54) is 0 Å². The summed E-state index contributed by atoms with van der Waals surface area (Å²) in [6.07, 6.45) is 0. The third-order valence-corrected chi connectivity index (χ3v) is 3.42. The van der Waals surface area contributed by atoms with Crippen molar-refractivity contribution in [1.82, 2.24) is 9.99 Å². The Bertz CT molecular complexity index is 572. The Morgan fingerprint density at radius 3 is 2.47 bits per heavy atom. The van der Waals surface area contributed by atoms with Crippen LogP contribution in [0.15, 0.2) is 24.3 Å². The fourth-order valence-corrected chi connectivity index (χ4v) is 2.35. The van der Waals surface area contributed by atoms with Gasteiger partial charge in [-0.2, -0.15) is 0 Å². The van der Waals surface area contributed by atoms with Gasteiger partial charge in [-0.1, -0.05) is 32.0 Å². The van der Waals surface area contributed by atoms with Crippen LogP contribution < -0.4 is 11.3 Å². The fourth-order valence-electron chi connectivity index (χ4n) is 2.35. The highest BCUT2D eigenvalue weighted by Gasteiger charge is 2.21. The van der Waals surface area contributed by atoms with Gasteiger partial charge in [0.05, 0.1) is 5.92 Å². The van der Waals surface area contributed by atoms with E-state index in [0.29, 0.717) is 0 Å². The number of rotatable bonds is 2. The number of benzene rings is 1. The standard InChI is InChI=1S/C13H17N3O.C2H6/c1-8(13(17)15-14)12-9(2)16(3)11-7-5-4-6-10(11)12;1-2/h4-8H,14H2,1-3H3,(H,15,17);1-2H3. The van der Waals surface area contributed by atoms with Gasteiger partial charge in [0.25, 0.3) is 0 Å². The molecule has 19 heavy (non-hydrogen) atoms. The molecule has 0 saturated heterocycles. The third-order valence-electron chi connectivity index (χ3n) is 3.42. The number of carbonyl (C=O) groups excluding carboxylic acids is 1. The van der Waals surface area contributed by atoms with Crippen molar-refractivity contribution < 1.29 is 4.79 Å². The van der Waals surface area contributed by atoms with Gasteiger partial charge in [-0.05, 0) is 25.5 Å². The molecule has 2 rings (SSSR count). The maximum absolute atomic E-state index is 11.7. The summed E-state index contributed by atoms with van der Waals surface area (Å²) in [5.74, 6) is 4.80. The summed E-state index contributed by atoms with van der Waals surface area (Å²) in [5.41, 5.74) is 5.50. The van der Waals surface area contributed by atoms with E-state index in [4.69, 9.17) is 5.84 Å². The van der Waals surface area contributed by atoms with Crippen LogP contribution in [-0.4, -0.2) is 10.5 Å². The molecule has 0 fully saturated rings. The van der Waals surface area contributed by atoms with Crippen LogP contribution in [0.25, 0.3) is 10.9 Å². The van der Waals surface area contributed by atoms with Gasteiger partial charge in [0.2, 0.25) is 5.91 Å². The predicted molar refractivity (Wildman–Crippen MR) is 79.7 cm³/mol. The maximum Gasteiger partial charge on any atom is 0.241 e. The Morgan fingerprint density at radius 2 is 1.89 bits per heavy atom. The summed E-state index contributed by atoms with van der Waals surface area (Å²) < 4.78 is 2.10. The van der Waals surface area contributed by atoms with Gasteiger partial charge in [0.1, 0.15) is 0 Å². The Hall–Kier alpha value is -1.81. The number of carbonyl (C=O) groups is 1. The molecule has 0 aliphatic carbocycles. The molecule has 1 unspecified atom stereocenters. The molecule has 4 nitrogen and oxygen atoms in total. The molecule has 0 aliphatic rings. The first kappa shape index (κ1) is 15.2. The van der Waals surface area contributed by atoms with Gasteiger partial charge in [0, 0.05) is 23.6 Å². The molecule has 1 heterocycles. The minimum absolute atomic E-state index is 0.163. The Balaban J connectivity index is 0.000000861. The molecule has 2 aromatic rings. The zero-order valence-corrected chi connectivity index (χ0v) is 12.3. The Labute approximate surface area is 114 Å². The summed E-state index contributed by atoms with van der Waals surface area (Å²) in [5, 5.41) is 1.11. The van der Waals surface area contributed by atoms with E-state index in [-0.39, 0.29) is 11.8 Å². The summed E-state index contributed by atoms with van der Waals surface area (Å²) in [6, 6.07) is 8.08. The second-order valence-corrected chi connectivity index (χ2v) is 4.31. The molecule has 0 radical (unpaired) electrons. The average Bonchev–Trinajstić information content (AvgIpc) is 2.72. The van der Waals surface area contributed by atoms with E-state index >= 15 is 0 Å². The summed E-state index contributed by atoms with van der Waals surface area (Å²) in [7, 11) is 2.01. The van der Waals surface area contributed by atoms with Crippen LogP contribution in [0.3, 0.4) is 0 Å². The van der Waals surface area contributed by atoms with E-state index in [9.17, 15) is 4.79 Å². The molecule has 104 valence electrons. The minimum Gasteiger partial charge on any atom is -0.348 e. The fraction of sp³-hybridized carbons (Fsp3) is 0.400. The van der Waals surface area contributed by atoms with E-state index in [1.54, 1.807) is 0 Å². The van der Waals surface area contributed by atoms with Crippen molar-refractivity contribution in [2.24, 2.45) is 12.9 Å². The van der Waals surface area contributed by atoms with E-state index < -0.39 is 0 Å². The monoisotopic (exact) mass is 261 g/mol. The first-order valence-electron chi connectivity index (χ1n) is 6.62. The summed E-state index contributed by atoms with van der Waals surface area (Å²) in [6.45, 7) is 7.90. The van der Waals surface area contributed by atoms with Crippen LogP contribution >= 0.6 is 0 Å². The molecule has 1 amide bonds. The highest BCUT2D eigenvalue weighted by Crippen LogP contribution is 2.30. The molecule has 1 aromatic heterocycles. The van der Waals surface area contributed by atoms with Crippen molar-refractivity contribution in [3.63, 3.8) is 0 Å². The highest BCUT2D eigenvalue weighted by atomic mass is 16.2. The van der Waals surface area contributed by atoms with Gasteiger partial charge in [-0.15, -0.1) is 0 Å². The lowest BCUT2D eigenvalue weighted by Gasteiger charge is -2.10. The van der Waals surface area contributed by atoms with Gasteiger partial charge in [0.15, 0.2) is 0 Å². The van der Waals surface area contributed by atoms with Crippen molar-refractivity contribution in [3.05, 3.63) is 35.5 Å². The number of aromatic nitrogens is 1. The molecular formula is C15H23N3O. The first-order valence-corrected chi connectivity index (χ1v) is 6.62. The topological polar surface area (TPSA) is 60.1 Å². The van der Waals surface area contributed by atoms with Crippen LogP contribution in [0.4, 0.5) is 0 Å². The molecule has 1 atom stereocenters. The van der Waals surface area contributed by atoms with E-state index in [0.717, 1.165) is 22.2 Å². The molecule has 0 saturated carbocycles. The van der Waals surface area contributed by atoms with Crippen molar-refractivity contribution >= 4 is 16.8 Å². The number of fused-ring (bicyclic) bond motifs is 1. The smallest absolute Gasteiger partial charge is 0.241 e. The second kappa shape index (κ2) is 6.38. The summed E-state index contributed by atoms with van der Waals surface area (Å²) in [4.78, 5) is 11.7. The second-order valence-electron chi connectivity index (χ2n) is 4.31. The quantitative estimate of drug-likeness (QED) is 0.496. The molecule has 4 heteroatoms. The number of nitrogens with zero attached hydrogens (tertiary/aromatic N) is 1. The van der Waals surface area contributed by atoms with Crippen molar-refractivity contribution in [2.45, 2.75) is 33.6 Å². The van der Waals surface area contributed by atoms with Crippen LogP contribution in [0.1, 0.15) is 37.9 Å². The molecule has 0 spiro atoms. The van der Waals surface area contributed by atoms with Crippen LogP contribution in [-0.2, 0) is 11.8 Å². The van der Waals surface area contributed by atoms with Gasteiger partial charge >= 0.3 is 0 Å². The molecule has 0 bridgehead atoms. The normalized spacial score (nSPS) is 11.7. The average molecular weight is 261 g/mol. The van der Waals surface area contributed by atoms with E-state index in [2.05, 4.69) is 16.1 Å². The number of para-hydroxylation sites is 1. The van der Waals surface area contributed by atoms with Crippen LogP contribution in [0, 0.1) is 6.92 Å². The number of hydrogen-bond acceptors (Lipinski definition) is 2. The summed E-state index contributed by atoms with van der Waals surface area (Å²) >= 11 is 0. The zero-order valence-electron chi connectivity index (χ0n) is 12.3. The van der Waals surface area contributed by atoms with E-state index in [1.807, 2.05) is 52.9 Å². The van der Waals surface area contributed by atoms with Crippen LogP contribution in [0.5, 0.6) is 0 Å². The lowest BCUT2D eigenvalue weighted by molar-refractivity contribution is -0.122. The Morgan fingerprint density at radius 1 is 1.32 bits per heavy atom. The SMILES string of the molecule is CC.Cc1c(C(C)C(=O)NN)c2ccccc2n1C. The number of hydrazine groups is 1. The van der Waals surface area contributed by atoms with Crippen LogP contribution in [0.2, 0.25) is 0 Å². The maximum atomic E-state index is 11.7. The largest absolute Gasteiger partial charge is 0.348 e. The number of aryl methyl sites for hydroxylation is 1. The van der Waals surface area contributed by atoms with Crippen molar-refractivity contribution in [1.29, 1.82) is 0 Å². The highest BCUT2D eigenvalue weighted by molar-refractivity contribution is 5.93. The molecule has 1 aromatic carbocycles. The van der Waals surface area contributed by atoms with Gasteiger partial charge < -0.3 is 4.57 Å². The van der Waals surface area contributed by atoms with Crippen molar-refractivity contribution in [2.75, 3.05) is 0 Å². The molecule has 3 N–H and O–H groups in total. The number of nitrogens with one attached hydrogen (secondary N) is 1. The lowest BCUT2D eigenvalue weighted by atomic mass is 9.97. The number of hydrogen-bond donors (Lipinski definition) is 2. The first-order chi connectivity index (χ1) is 9.07. The minimum atomic E-state index is -0.244. The number of nitrogens with two attached hydrogens (primary N) is 1. The molecular weight excluding hydrogens is 238 g/mol. The Kier molecular flexibility index (Phi) is 5.12. The van der Waals surface area contributed by atoms with Gasteiger partial charge in [-0.3, -0.25) is 10.2 Å². The third kappa shape index (κ3) is 2.63. The predicted octanol–water partition coefficient (Wildman–Crippen LogP) is 2.61. The van der Waals surface area contributed by atoms with Crippen molar-refractivity contribution in [3.8, 4) is 0 Å². The van der Waals surface area contributed by atoms with Gasteiger partial charge in [-0.25, -0.2) is 5.84 Å². The lowest BCUT2D eigenvalue weighted by Crippen LogP contribution is -2.33. The number of amides is 1. The molecule has 0 aliphatic heterocycles. The zero-order chi connectivity index (χ0) is 14.6.